The Morgan fingerprint density at radius 2 is 1.79 bits per heavy atom. The van der Waals surface area contributed by atoms with Crippen LogP contribution >= 0.6 is 0 Å². The van der Waals surface area contributed by atoms with Crippen LogP contribution in [0.4, 0.5) is 4.79 Å². The lowest BCUT2D eigenvalue weighted by molar-refractivity contribution is -0.147. The molecule has 0 atom stereocenters. The van der Waals surface area contributed by atoms with Crippen LogP contribution in [0.15, 0.2) is 53.3 Å². The summed E-state index contributed by atoms with van der Waals surface area (Å²) in [4.78, 5) is 36.6. The third-order valence-corrected chi connectivity index (χ3v) is 4.95. The molecular weight excluding hydrogens is 438 g/mol. The van der Waals surface area contributed by atoms with E-state index >= 15 is 0 Å². The van der Waals surface area contributed by atoms with Crippen LogP contribution in [0.2, 0.25) is 0 Å². The molecule has 0 saturated heterocycles. The van der Waals surface area contributed by atoms with Gasteiger partial charge in [0.25, 0.3) is 0 Å². The van der Waals surface area contributed by atoms with Crippen molar-refractivity contribution >= 4 is 17.9 Å². The Morgan fingerprint density at radius 3 is 2.44 bits per heavy atom. The first-order valence-electron chi connectivity index (χ1n) is 10.7. The number of hydrogen-bond acceptors (Lipinski definition) is 7. The molecule has 0 radical (unpaired) electrons. The number of ether oxygens (including phenoxy) is 2. The van der Waals surface area contributed by atoms with Gasteiger partial charge >= 0.3 is 17.8 Å². The molecule has 10 nitrogen and oxygen atoms in total. The van der Waals surface area contributed by atoms with Crippen molar-refractivity contribution in [2.45, 2.75) is 39.7 Å². The maximum Gasteiger partial charge on any atom is 0.412 e. The average molecular weight is 466 g/mol. The SMILES string of the molecule is COC(=O)NC(=N)c1ccc(-n2nc(C)n(-c3ccccc3CCC(=O)OC(C)C)c2=O)cc1. The summed E-state index contributed by atoms with van der Waals surface area (Å²) >= 11 is 0. The van der Waals surface area contributed by atoms with Gasteiger partial charge in [0, 0.05) is 12.0 Å². The Balaban J connectivity index is 1.88. The number of amidine groups is 1. The molecule has 0 aliphatic carbocycles. The number of nitrogens with one attached hydrogen (secondary N) is 2. The molecule has 1 amide bonds. The molecule has 0 saturated carbocycles. The number of hydrogen-bond donors (Lipinski definition) is 2. The topological polar surface area (TPSA) is 128 Å². The van der Waals surface area contributed by atoms with Gasteiger partial charge in [-0.1, -0.05) is 18.2 Å². The number of aromatic nitrogens is 3. The van der Waals surface area contributed by atoms with E-state index < -0.39 is 6.09 Å². The monoisotopic (exact) mass is 465 g/mol. The molecule has 10 heteroatoms. The molecule has 2 N–H and O–H groups in total. The van der Waals surface area contributed by atoms with E-state index in [1.54, 1.807) is 45.0 Å². The number of rotatable bonds is 7. The maximum absolute atomic E-state index is 13.3. The van der Waals surface area contributed by atoms with Crippen molar-refractivity contribution in [3.8, 4) is 11.4 Å². The van der Waals surface area contributed by atoms with Gasteiger partial charge in [0.05, 0.1) is 24.6 Å². The van der Waals surface area contributed by atoms with Gasteiger partial charge in [-0.25, -0.2) is 14.2 Å². The standard InChI is InChI=1S/C24H27N5O5/c1-15(2)34-21(30)14-11-17-7-5-6-8-20(17)28-16(3)27-29(24(28)32)19-12-9-18(10-13-19)22(25)26-23(31)33-4/h5-10,12-13,15H,11,14H2,1-4H3,(H2,25,26,31). The number of para-hydroxylation sites is 1. The van der Waals surface area contributed by atoms with Gasteiger partial charge in [-0.3, -0.25) is 15.5 Å². The second kappa shape index (κ2) is 10.6. The first-order chi connectivity index (χ1) is 16.2. The van der Waals surface area contributed by atoms with Crippen LogP contribution in [0, 0.1) is 12.3 Å². The van der Waals surface area contributed by atoms with Gasteiger partial charge in [0.2, 0.25) is 0 Å². The van der Waals surface area contributed by atoms with Crippen LogP contribution in [0.3, 0.4) is 0 Å². The molecular formula is C24H27N5O5. The zero-order valence-corrected chi connectivity index (χ0v) is 19.5. The van der Waals surface area contributed by atoms with Crippen LogP contribution in [0.1, 0.15) is 37.2 Å². The lowest BCUT2D eigenvalue weighted by Gasteiger charge is -2.11. The molecule has 0 bridgehead atoms. The lowest BCUT2D eigenvalue weighted by atomic mass is 10.1. The number of carbonyl (C=O) groups excluding carboxylic acids is 2. The lowest BCUT2D eigenvalue weighted by Crippen LogP contribution is -2.30. The molecule has 1 aromatic heterocycles. The molecule has 0 aliphatic rings. The van der Waals surface area contributed by atoms with E-state index in [4.69, 9.17) is 10.1 Å². The third kappa shape index (κ3) is 5.58. The molecule has 0 spiro atoms. The van der Waals surface area contributed by atoms with Crippen LogP contribution < -0.4 is 11.0 Å². The smallest absolute Gasteiger partial charge is 0.412 e. The van der Waals surface area contributed by atoms with Gasteiger partial charge in [0.1, 0.15) is 11.7 Å². The van der Waals surface area contributed by atoms with Crippen LogP contribution in [-0.2, 0) is 20.7 Å². The number of aryl methyl sites for hydroxylation is 2. The number of benzene rings is 2. The fourth-order valence-corrected chi connectivity index (χ4v) is 3.40. The Bertz CT molecular complexity index is 1260. The summed E-state index contributed by atoms with van der Waals surface area (Å²) in [6.07, 6.45) is -0.305. The molecule has 3 aromatic rings. The van der Waals surface area contributed by atoms with Crippen molar-refractivity contribution in [3.05, 3.63) is 76.0 Å². The minimum atomic E-state index is -0.740. The first kappa shape index (κ1) is 24.4. The molecule has 1 heterocycles. The fourth-order valence-electron chi connectivity index (χ4n) is 3.40. The molecule has 0 unspecified atom stereocenters. The third-order valence-electron chi connectivity index (χ3n) is 4.95. The van der Waals surface area contributed by atoms with Crippen molar-refractivity contribution in [1.29, 1.82) is 5.41 Å². The number of carbonyl (C=O) groups is 2. The van der Waals surface area contributed by atoms with Crippen molar-refractivity contribution < 1.29 is 19.1 Å². The Morgan fingerprint density at radius 1 is 1.12 bits per heavy atom. The Kier molecular flexibility index (Phi) is 7.62. The molecule has 3 rings (SSSR count). The molecule has 34 heavy (non-hydrogen) atoms. The first-order valence-corrected chi connectivity index (χ1v) is 10.7. The Hall–Kier alpha value is -4.21. The van der Waals surface area contributed by atoms with E-state index in [1.165, 1.54) is 16.4 Å². The van der Waals surface area contributed by atoms with E-state index in [9.17, 15) is 14.4 Å². The van der Waals surface area contributed by atoms with E-state index in [-0.39, 0.29) is 30.0 Å². The molecule has 2 aromatic carbocycles. The second-order valence-electron chi connectivity index (χ2n) is 7.78. The number of amides is 1. The summed E-state index contributed by atoms with van der Waals surface area (Å²) in [5.41, 5.74) is 2.04. The summed E-state index contributed by atoms with van der Waals surface area (Å²) in [7, 11) is 1.21. The van der Waals surface area contributed by atoms with Crippen LogP contribution in [0.25, 0.3) is 11.4 Å². The summed E-state index contributed by atoms with van der Waals surface area (Å²) in [6.45, 7) is 5.33. The molecule has 0 fully saturated rings. The van der Waals surface area contributed by atoms with Crippen molar-refractivity contribution in [2.24, 2.45) is 0 Å². The van der Waals surface area contributed by atoms with Gasteiger partial charge in [-0.15, -0.1) is 5.10 Å². The highest BCUT2D eigenvalue weighted by Gasteiger charge is 2.17. The zero-order valence-electron chi connectivity index (χ0n) is 19.5. The number of alkyl carbamates (subject to hydrolysis) is 1. The van der Waals surface area contributed by atoms with Crippen molar-refractivity contribution in [1.82, 2.24) is 19.7 Å². The van der Waals surface area contributed by atoms with E-state index in [2.05, 4.69) is 15.2 Å². The second-order valence-corrected chi connectivity index (χ2v) is 7.78. The Labute approximate surface area is 196 Å². The van der Waals surface area contributed by atoms with E-state index in [0.717, 1.165) is 5.56 Å². The normalized spacial score (nSPS) is 10.7. The quantitative estimate of drug-likeness (QED) is 0.314. The minimum absolute atomic E-state index is 0.127. The minimum Gasteiger partial charge on any atom is -0.463 e. The highest BCUT2D eigenvalue weighted by Crippen LogP contribution is 2.17. The van der Waals surface area contributed by atoms with Gasteiger partial charge in [-0.05, 0) is 63.1 Å². The zero-order chi connectivity index (χ0) is 24.8. The highest BCUT2D eigenvalue weighted by molar-refractivity contribution is 6.04. The van der Waals surface area contributed by atoms with Crippen molar-refractivity contribution in [2.75, 3.05) is 7.11 Å². The number of esters is 1. The summed E-state index contributed by atoms with van der Waals surface area (Å²) in [6, 6.07) is 13.8. The van der Waals surface area contributed by atoms with E-state index in [1.807, 2.05) is 24.3 Å². The average Bonchev–Trinajstić information content (AvgIpc) is 3.11. The predicted molar refractivity (Wildman–Crippen MR) is 126 cm³/mol. The highest BCUT2D eigenvalue weighted by atomic mass is 16.5. The van der Waals surface area contributed by atoms with Gasteiger partial charge < -0.3 is 9.47 Å². The van der Waals surface area contributed by atoms with Gasteiger partial charge in [0.15, 0.2) is 0 Å². The van der Waals surface area contributed by atoms with Crippen LogP contribution in [0.5, 0.6) is 0 Å². The maximum atomic E-state index is 13.3. The van der Waals surface area contributed by atoms with E-state index in [0.29, 0.717) is 29.2 Å². The van der Waals surface area contributed by atoms with Gasteiger partial charge in [-0.2, -0.15) is 4.68 Å². The summed E-state index contributed by atoms with van der Waals surface area (Å²) in [5, 5.41) is 14.6. The largest absolute Gasteiger partial charge is 0.463 e. The number of nitrogens with zero attached hydrogens (tertiary/aromatic N) is 3. The van der Waals surface area contributed by atoms with Crippen LogP contribution in [-0.4, -0.2) is 45.5 Å². The summed E-state index contributed by atoms with van der Waals surface area (Å²) < 4.78 is 12.5. The summed E-state index contributed by atoms with van der Waals surface area (Å²) in [5.74, 6) is 0.0562. The van der Waals surface area contributed by atoms with Crippen molar-refractivity contribution in [3.63, 3.8) is 0 Å². The predicted octanol–water partition coefficient (Wildman–Crippen LogP) is 2.90. The molecule has 0 aliphatic heterocycles. The number of methoxy groups -OCH3 is 1. The fraction of sp³-hybridized carbons (Fsp3) is 0.292. The molecule has 178 valence electrons.